The van der Waals surface area contributed by atoms with Crippen molar-refractivity contribution in [1.82, 2.24) is 4.90 Å². The molecule has 0 bridgehead atoms. The van der Waals surface area contributed by atoms with Crippen molar-refractivity contribution in [2.75, 3.05) is 5.32 Å². The molecule has 2 aromatic rings. The number of rotatable bonds is 3. The number of para-hydroxylation sites is 1. The zero-order valence-electron chi connectivity index (χ0n) is 13.3. The Morgan fingerprint density at radius 3 is 2.52 bits per heavy atom. The molecule has 0 saturated carbocycles. The smallest absolute Gasteiger partial charge is 0.322 e. The Labute approximate surface area is 144 Å². The maximum atomic E-state index is 12.7. The molecular weight excluding hydrogens is 320 g/mol. The average Bonchev–Trinajstić information content (AvgIpc) is 2.91. The van der Waals surface area contributed by atoms with E-state index in [4.69, 9.17) is 0 Å². The quantitative estimate of drug-likeness (QED) is 0.841. The van der Waals surface area contributed by atoms with Crippen molar-refractivity contribution in [2.45, 2.75) is 19.0 Å². The van der Waals surface area contributed by atoms with E-state index >= 15 is 0 Å². The monoisotopic (exact) mass is 336 g/mol. The molecule has 0 aliphatic carbocycles. The van der Waals surface area contributed by atoms with E-state index in [-0.39, 0.29) is 18.9 Å². The van der Waals surface area contributed by atoms with Crippen LogP contribution in [0.2, 0.25) is 0 Å². The Kier molecular flexibility index (Phi) is 3.35. The van der Waals surface area contributed by atoms with E-state index in [2.05, 4.69) is 5.32 Å². The van der Waals surface area contributed by atoms with Gasteiger partial charge >= 0.3 is 5.97 Å². The SMILES string of the molecule is O=C1C[C@@]2(C(=O)O)C(=O)Nc3ccccc3[C@H]2N1Cc1ccccc1. The molecule has 2 aliphatic rings. The first-order valence-electron chi connectivity index (χ1n) is 8.01. The number of carbonyl (C=O) groups excluding carboxylic acids is 2. The highest BCUT2D eigenvalue weighted by atomic mass is 16.4. The zero-order valence-corrected chi connectivity index (χ0v) is 13.3. The Hall–Kier alpha value is -3.15. The van der Waals surface area contributed by atoms with Crippen LogP contribution in [0, 0.1) is 5.41 Å². The number of benzene rings is 2. The van der Waals surface area contributed by atoms with Gasteiger partial charge in [0.15, 0.2) is 5.41 Å². The summed E-state index contributed by atoms with van der Waals surface area (Å²) in [5.41, 5.74) is 0.314. The molecule has 1 saturated heterocycles. The molecule has 0 radical (unpaired) electrons. The molecule has 0 spiro atoms. The summed E-state index contributed by atoms with van der Waals surface area (Å²) < 4.78 is 0. The van der Waals surface area contributed by atoms with Crippen LogP contribution in [0.1, 0.15) is 23.6 Å². The predicted octanol–water partition coefficient (Wildman–Crippen LogP) is 2.18. The molecule has 126 valence electrons. The van der Waals surface area contributed by atoms with Gasteiger partial charge in [-0.05, 0) is 17.2 Å². The second-order valence-electron chi connectivity index (χ2n) is 6.40. The van der Waals surface area contributed by atoms with E-state index in [9.17, 15) is 19.5 Å². The molecule has 0 unspecified atom stereocenters. The van der Waals surface area contributed by atoms with Crippen LogP contribution in [0.15, 0.2) is 54.6 Å². The summed E-state index contributed by atoms with van der Waals surface area (Å²) >= 11 is 0. The fourth-order valence-corrected chi connectivity index (χ4v) is 3.82. The van der Waals surface area contributed by atoms with Gasteiger partial charge in [0.2, 0.25) is 11.8 Å². The number of amides is 2. The predicted molar refractivity (Wildman–Crippen MR) is 89.5 cm³/mol. The third-order valence-corrected chi connectivity index (χ3v) is 5.02. The summed E-state index contributed by atoms with van der Waals surface area (Å²) in [4.78, 5) is 39.0. The Balaban J connectivity index is 1.86. The lowest BCUT2D eigenvalue weighted by Gasteiger charge is -2.38. The van der Waals surface area contributed by atoms with Crippen molar-refractivity contribution in [3.8, 4) is 0 Å². The third kappa shape index (κ3) is 2.14. The first-order valence-corrected chi connectivity index (χ1v) is 8.01. The van der Waals surface area contributed by atoms with E-state index in [1.807, 2.05) is 30.3 Å². The topological polar surface area (TPSA) is 86.7 Å². The number of aliphatic carboxylic acids is 1. The van der Waals surface area contributed by atoms with Crippen molar-refractivity contribution >= 4 is 23.5 Å². The van der Waals surface area contributed by atoms with E-state index in [0.717, 1.165) is 5.56 Å². The van der Waals surface area contributed by atoms with E-state index in [0.29, 0.717) is 11.3 Å². The lowest BCUT2D eigenvalue weighted by atomic mass is 9.73. The van der Waals surface area contributed by atoms with E-state index in [1.165, 1.54) is 4.90 Å². The van der Waals surface area contributed by atoms with Gasteiger partial charge < -0.3 is 15.3 Å². The number of anilines is 1. The molecule has 2 heterocycles. The van der Waals surface area contributed by atoms with Crippen LogP contribution in [-0.4, -0.2) is 27.8 Å². The first kappa shape index (κ1) is 15.4. The van der Waals surface area contributed by atoms with Crippen LogP contribution < -0.4 is 5.32 Å². The maximum Gasteiger partial charge on any atom is 0.322 e. The molecule has 0 aromatic heterocycles. The molecule has 6 nitrogen and oxygen atoms in total. The summed E-state index contributed by atoms with van der Waals surface area (Å²) in [5.74, 6) is -2.23. The number of hydrogen-bond donors (Lipinski definition) is 2. The maximum absolute atomic E-state index is 12.7. The van der Waals surface area contributed by atoms with Crippen molar-refractivity contribution in [3.63, 3.8) is 0 Å². The van der Waals surface area contributed by atoms with Crippen LogP contribution in [0.3, 0.4) is 0 Å². The summed E-state index contributed by atoms with van der Waals surface area (Å²) in [6.45, 7) is 0.265. The summed E-state index contributed by atoms with van der Waals surface area (Å²) in [6, 6.07) is 15.6. The van der Waals surface area contributed by atoms with Crippen LogP contribution >= 0.6 is 0 Å². The van der Waals surface area contributed by atoms with Crippen LogP contribution in [0.4, 0.5) is 5.69 Å². The largest absolute Gasteiger partial charge is 0.480 e. The third-order valence-electron chi connectivity index (χ3n) is 5.02. The number of carboxylic acid groups (broad SMARTS) is 1. The van der Waals surface area contributed by atoms with Gasteiger partial charge in [0.1, 0.15) is 0 Å². The second-order valence-corrected chi connectivity index (χ2v) is 6.40. The van der Waals surface area contributed by atoms with Crippen LogP contribution in [0.25, 0.3) is 0 Å². The van der Waals surface area contributed by atoms with Gasteiger partial charge in [0, 0.05) is 12.2 Å². The van der Waals surface area contributed by atoms with Crippen LogP contribution in [-0.2, 0) is 20.9 Å². The Morgan fingerprint density at radius 1 is 1.12 bits per heavy atom. The van der Waals surface area contributed by atoms with Crippen molar-refractivity contribution in [2.24, 2.45) is 5.41 Å². The number of nitrogens with zero attached hydrogens (tertiary/aromatic N) is 1. The van der Waals surface area contributed by atoms with E-state index in [1.54, 1.807) is 24.3 Å². The van der Waals surface area contributed by atoms with Gasteiger partial charge in [0.05, 0.1) is 12.5 Å². The van der Waals surface area contributed by atoms with Gasteiger partial charge in [-0.25, -0.2) is 0 Å². The normalized spacial score (nSPS) is 24.5. The highest BCUT2D eigenvalue weighted by molar-refractivity contribution is 6.15. The van der Waals surface area contributed by atoms with Gasteiger partial charge in [-0.3, -0.25) is 14.4 Å². The summed E-state index contributed by atoms with van der Waals surface area (Å²) in [7, 11) is 0. The van der Waals surface area contributed by atoms with Crippen molar-refractivity contribution < 1.29 is 19.5 Å². The summed E-state index contributed by atoms with van der Waals surface area (Å²) in [5, 5.41) is 12.5. The fraction of sp³-hybridized carbons (Fsp3) is 0.211. The summed E-state index contributed by atoms with van der Waals surface area (Å²) in [6.07, 6.45) is -0.333. The van der Waals surface area contributed by atoms with Crippen molar-refractivity contribution in [1.29, 1.82) is 0 Å². The number of carboxylic acids is 1. The minimum Gasteiger partial charge on any atom is -0.480 e. The lowest BCUT2D eigenvalue weighted by Crippen LogP contribution is -2.50. The number of likely N-dealkylation sites (tertiary alicyclic amines) is 1. The highest BCUT2D eigenvalue weighted by Crippen LogP contribution is 2.53. The molecule has 2 atom stereocenters. The second kappa shape index (κ2) is 5.44. The fourth-order valence-electron chi connectivity index (χ4n) is 3.82. The molecule has 2 aromatic carbocycles. The zero-order chi connectivity index (χ0) is 17.6. The minimum atomic E-state index is -1.79. The number of hydrogen-bond acceptors (Lipinski definition) is 3. The molecule has 25 heavy (non-hydrogen) atoms. The molecule has 2 amide bonds. The number of carbonyl (C=O) groups is 3. The standard InChI is InChI=1S/C19H16N2O4/c22-15-10-19(18(24)25)16(21(15)11-12-6-2-1-3-7-12)13-8-4-5-9-14(13)20-17(19)23/h1-9,16H,10-11H2,(H,20,23)(H,24,25)/t16-,19+/m1/s1. The Bertz CT molecular complexity index is 880. The van der Waals surface area contributed by atoms with Crippen LogP contribution in [0.5, 0.6) is 0 Å². The van der Waals surface area contributed by atoms with Gasteiger partial charge in [-0.15, -0.1) is 0 Å². The Morgan fingerprint density at radius 2 is 1.80 bits per heavy atom. The molecule has 2 N–H and O–H groups in total. The molecular formula is C19H16N2O4. The lowest BCUT2D eigenvalue weighted by molar-refractivity contribution is -0.156. The molecule has 1 fully saturated rings. The van der Waals surface area contributed by atoms with Crippen molar-refractivity contribution in [3.05, 3.63) is 65.7 Å². The van der Waals surface area contributed by atoms with Gasteiger partial charge in [-0.2, -0.15) is 0 Å². The molecule has 6 heteroatoms. The average molecular weight is 336 g/mol. The molecule has 4 rings (SSSR count). The number of fused-ring (bicyclic) bond motifs is 3. The highest BCUT2D eigenvalue weighted by Gasteiger charge is 2.64. The van der Waals surface area contributed by atoms with Gasteiger partial charge in [0.25, 0.3) is 0 Å². The molecule has 2 aliphatic heterocycles. The minimum absolute atomic E-state index is 0.265. The van der Waals surface area contributed by atoms with Gasteiger partial charge in [-0.1, -0.05) is 48.5 Å². The number of nitrogens with one attached hydrogen (secondary N) is 1. The first-order chi connectivity index (χ1) is 12.0. The van der Waals surface area contributed by atoms with E-state index < -0.39 is 23.3 Å².